The lowest BCUT2D eigenvalue weighted by Crippen LogP contribution is -2.51. The van der Waals surface area contributed by atoms with Gasteiger partial charge in [0, 0.05) is 30.7 Å². The predicted molar refractivity (Wildman–Crippen MR) is 72.7 cm³/mol. The highest BCUT2D eigenvalue weighted by molar-refractivity contribution is 7.89. The third-order valence-electron chi connectivity index (χ3n) is 3.20. The Morgan fingerprint density at radius 2 is 2.05 bits per heavy atom. The number of halogens is 4. The van der Waals surface area contributed by atoms with Crippen molar-refractivity contribution < 1.29 is 21.6 Å². The van der Waals surface area contributed by atoms with Crippen molar-refractivity contribution in [1.29, 1.82) is 0 Å². The SMILES string of the molecule is C[C@@H]1CN(S(=O)(=O)c2ccc(Cl)cc2C(F)(F)F)CCN1. The Morgan fingerprint density at radius 1 is 1.38 bits per heavy atom. The number of hydrogen-bond donors (Lipinski definition) is 1. The normalized spacial score (nSPS) is 21.5. The fourth-order valence-electron chi connectivity index (χ4n) is 2.20. The molecule has 1 N–H and O–H groups in total. The van der Waals surface area contributed by atoms with Crippen molar-refractivity contribution in [2.45, 2.75) is 24.0 Å². The highest BCUT2D eigenvalue weighted by Gasteiger charge is 2.40. The Bertz CT molecular complexity index is 634. The van der Waals surface area contributed by atoms with E-state index in [-0.39, 0.29) is 24.2 Å². The maximum atomic E-state index is 13.0. The summed E-state index contributed by atoms with van der Waals surface area (Å²) in [6, 6.07) is 2.58. The van der Waals surface area contributed by atoms with Gasteiger partial charge in [-0.3, -0.25) is 0 Å². The third kappa shape index (κ3) is 3.50. The van der Waals surface area contributed by atoms with Crippen molar-refractivity contribution in [3.63, 3.8) is 0 Å². The van der Waals surface area contributed by atoms with Crippen LogP contribution in [0.4, 0.5) is 13.2 Å². The molecule has 21 heavy (non-hydrogen) atoms. The lowest BCUT2D eigenvalue weighted by molar-refractivity contribution is -0.139. The number of hydrogen-bond acceptors (Lipinski definition) is 3. The molecule has 0 aromatic heterocycles. The molecule has 1 saturated heterocycles. The summed E-state index contributed by atoms with van der Waals surface area (Å²) in [7, 11) is -4.21. The molecule has 0 bridgehead atoms. The van der Waals surface area contributed by atoms with Gasteiger partial charge in [0.15, 0.2) is 0 Å². The van der Waals surface area contributed by atoms with Crippen molar-refractivity contribution in [2.24, 2.45) is 0 Å². The van der Waals surface area contributed by atoms with Gasteiger partial charge in [-0.05, 0) is 25.1 Å². The smallest absolute Gasteiger partial charge is 0.312 e. The average Bonchev–Trinajstić information content (AvgIpc) is 2.37. The van der Waals surface area contributed by atoms with Gasteiger partial charge in [0.05, 0.1) is 10.5 Å². The Balaban J connectivity index is 2.50. The quantitative estimate of drug-likeness (QED) is 0.897. The van der Waals surface area contributed by atoms with E-state index in [4.69, 9.17) is 11.6 Å². The number of alkyl halides is 3. The summed E-state index contributed by atoms with van der Waals surface area (Å²) in [5, 5.41) is 2.88. The summed E-state index contributed by atoms with van der Waals surface area (Å²) in [5.74, 6) is 0. The fourth-order valence-corrected chi connectivity index (χ4v) is 4.10. The molecule has 0 aliphatic carbocycles. The molecule has 0 saturated carbocycles. The Kier molecular flexibility index (Phi) is 4.53. The van der Waals surface area contributed by atoms with Crippen LogP contribution in [0.5, 0.6) is 0 Å². The summed E-state index contributed by atoms with van der Waals surface area (Å²) >= 11 is 5.56. The summed E-state index contributed by atoms with van der Waals surface area (Å²) in [6.45, 7) is 2.43. The first-order valence-corrected chi connectivity index (χ1v) is 8.04. The minimum Gasteiger partial charge on any atom is -0.312 e. The molecule has 1 aliphatic rings. The monoisotopic (exact) mass is 342 g/mol. The number of benzene rings is 1. The molecule has 9 heteroatoms. The van der Waals surface area contributed by atoms with Gasteiger partial charge < -0.3 is 5.32 Å². The van der Waals surface area contributed by atoms with Crippen LogP contribution in [-0.2, 0) is 16.2 Å². The highest BCUT2D eigenvalue weighted by Crippen LogP contribution is 2.37. The molecule has 2 rings (SSSR count). The van der Waals surface area contributed by atoms with Crippen LogP contribution in [0.1, 0.15) is 12.5 Å². The van der Waals surface area contributed by atoms with Crippen molar-refractivity contribution in [1.82, 2.24) is 9.62 Å². The van der Waals surface area contributed by atoms with E-state index in [0.717, 1.165) is 16.4 Å². The highest BCUT2D eigenvalue weighted by atomic mass is 35.5. The van der Waals surface area contributed by atoms with Gasteiger partial charge in [-0.15, -0.1) is 0 Å². The molecular formula is C12H14ClF3N2O2S. The van der Waals surface area contributed by atoms with Gasteiger partial charge in [0.1, 0.15) is 0 Å². The second-order valence-electron chi connectivity index (χ2n) is 4.86. The number of nitrogens with one attached hydrogen (secondary N) is 1. The summed E-state index contributed by atoms with van der Waals surface area (Å²) in [4.78, 5) is -0.756. The van der Waals surface area contributed by atoms with Crippen molar-refractivity contribution in [3.8, 4) is 0 Å². The molecule has 118 valence electrons. The number of piperazine rings is 1. The summed E-state index contributed by atoms with van der Waals surface area (Å²) < 4.78 is 65.1. The van der Waals surface area contributed by atoms with Gasteiger partial charge in [0.2, 0.25) is 10.0 Å². The third-order valence-corrected chi connectivity index (χ3v) is 5.35. The zero-order valence-electron chi connectivity index (χ0n) is 11.1. The second kappa shape index (κ2) is 5.75. The molecule has 1 aromatic rings. The van der Waals surface area contributed by atoms with E-state index in [2.05, 4.69) is 5.32 Å². The van der Waals surface area contributed by atoms with E-state index in [9.17, 15) is 21.6 Å². The maximum absolute atomic E-state index is 13.0. The molecular weight excluding hydrogens is 329 g/mol. The fraction of sp³-hybridized carbons (Fsp3) is 0.500. The van der Waals surface area contributed by atoms with Gasteiger partial charge in [-0.1, -0.05) is 11.6 Å². The first-order valence-electron chi connectivity index (χ1n) is 6.22. The number of rotatable bonds is 2. The first kappa shape index (κ1) is 16.5. The van der Waals surface area contributed by atoms with Gasteiger partial charge in [-0.2, -0.15) is 17.5 Å². The molecule has 1 fully saturated rings. The lowest BCUT2D eigenvalue weighted by atomic mass is 10.2. The minimum absolute atomic E-state index is 0.116. The van der Waals surface area contributed by atoms with Crippen LogP contribution < -0.4 is 5.32 Å². The van der Waals surface area contributed by atoms with Crippen LogP contribution in [-0.4, -0.2) is 38.4 Å². The maximum Gasteiger partial charge on any atom is 0.417 e. The van der Waals surface area contributed by atoms with Crippen LogP contribution in [0.25, 0.3) is 0 Å². The zero-order valence-corrected chi connectivity index (χ0v) is 12.7. The molecule has 1 aromatic carbocycles. The number of nitrogens with zero attached hydrogens (tertiary/aromatic N) is 1. The van der Waals surface area contributed by atoms with Crippen LogP contribution in [0, 0.1) is 0 Å². The average molecular weight is 343 g/mol. The second-order valence-corrected chi connectivity index (χ2v) is 7.20. The molecule has 1 heterocycles. The van der Waals surface area contributed by atoms with Gasteiger partial charge in [0.25, 0.3) is 0 Å². The molecule has 0 spiro atoms. The standard InChI is InChI=1S/C12H14ClF3N2O2S/c1-8-7-18(5-4-17-8)21(19,20)11-3-2-9(13)6-10(11)12(14,15)16/h2-3,6,8,17H,4-5,7H2,1H3/t8-/m1/s1. The minimum atomic E-state index is -4.78. The molecule has 0 radical (unpaired) electrons. The number of sulfonamides is 1. The Labute approximate surface area is 125 Å². The van der Waals surface area contributed by atoms with Crippen LogP contribution in [0.3, 0.4) is 0 Å². The topological polar surface area (TPSA) is 49.4 Å². The molecule has 1 aliphatic heterocycles. The van der Waals surface area contributed by atoms with E-state index in [1.807, 2.05) is 0 Å². The predicted octanol–water partition coefficient (Wildman–Crippen LogP) is 2.34. The molecule has 0 unspecified atom stereocenters. The van der Waals surface area contributed by atoms with Crippen molar-refractivity contribution in [2.75, 3.05) is 19.6 Å². The van der Waals surface area contributed by atoms with Crippen LogP contribution in [0.15, 0.2) is 23.1 Å². The van der Waals surface area contributed by atoms with Crippen LogP contribution in [0.2, 0.25) is 5.02 Å². The first-order chi connectivity index (χ1) is 9.62. The van der Waals surface area contributed by atoms with E-state index in [1.54, 1.807) is 6.92 Å². The van der Waals surface area contributed by atoms with Gasteiger partial charge in [-0.25, -0.2) is 8.42 Å². The lowest BCUT2D eigenvalue weighted by Gasteiger charge is -2.31. The molecule has 4 nitrogen and oxygen atoms in total. The Hall–Kier alpha value is -0.830. The van der Waals surface area contributed by atoms with Crippen molar-refractivity contribution >= 4 is 21.6 Å². The van der Waals surface area contributed by atoms with Crippen molar-refractivity contribution in [3.05, 3.63) is 28.8 Å². The Morgan fingerprint density at radius 3 is 2.62 bits per heavy atom. The van der Waals surface area contributed by atoms with E-state index in [1.165, 1.54) is 0 Å². The largest absolute Gasteiger partial charge is 0.417 e. The molecule has 1 atom stereocenters. The van der Waals surface area contributed by atoms with Crippen LogP contribution >= 0.6 is 11.6 Å². The summed E-state index contributed by atoms with van der Waals surface area (Å²) in [5.41, 5.74) is -1.24. The summed E-state index contributed by atoms with van der Waals surface area (Å²) in [6.07, 6.45) is -4.78. The zero-order chi connectivity index (χ0) is 15.8. The van der Waals surface area contributed by atoms with E-state index in [0.29, 0.717) is 12.6 Å². The van der Waals surface area contributed by atoms with E-state index >= 15 is 0 Å². The van der Waals surface area contributed by atoms with Gasteiger partial charge >= 0.3 is 6.18 Å². The van der Waals surface area contributed by atoms with E-state index < -0.39 is 26.7 Å². The molecule has 0 amide bonds.